The summed E-state index contributed by atoms with van der Waals surface area (Å²) in [6, 6.07) is 0. The van der Waals surface area contributed by atoms with Crippen LogP contribution < -0.4 is 0 Å². The lowest BCUT2D eigenvalue weighted by molar-refractivity contribution is -0.204. The van der Waals surface area contributed by atoms with Crippen LogP contribution in [-0.2, 0) is 76.3 Å². The number of ether oxygens (including phenoxy) is 8. The van der Waals surface area contributed by atoms with Crippen LogP contribution in [0.25, 0.3) is 0 Å². The standard InChI is InChI=1S/C22H28O16/c1-31-12(23)10(13(24)32-2)11-20(14(25)33-3,15(26)34-4)9-21(16(27)35-5,17(28)36-6)22(11,18(29)37-7)19(30)38-8/h10-11H,9H2,1-8H3. The minimum Gasteiger partial charge on any atom is -0.468 e. The first kappa shape index (κ1) is 31.8. The van der Waals surface area contributed by atoms with Gasteiger partial charge in [0.05, 0.1) is 56.9 Å². The van der Waals surface area contributed by atoms with Gasteiger partial charge in [-0.25, -0.2) is 0 Å². The van der Waals surface area contributed by atoms with Gasteiger partial charge in [-0.05, 0) is 0 Å². The Bertz CT molecular complexity index is 962. The summed E-state index contributed by atoms with van der Waals surface area (Å²) in [6.07, 6.45) is -1.45. The van der Waals surface area contributed by atoms with Gasteiger partial charge in [0.1, 0.15) is 0 Å². The molecule has 0 bridgehead atoms. The lowest BCUT2D eigenvalue weighted by Crippen LogP contribution is -2.64. The van der Waals surface area contributed by atoms with Gasteiger partial charge < -0.3 is 37.9 Å². The number of methoxy groups -OCH3 is 8. The molecule has 0 aliphatic heterocycles. The molecule has 1 atom stereocenters. The van der Waals surface area contributed by atoms with Gasteiger partial charge in [0.2, 0.25) is 0 Å². The number of rotatable bonds is 9. The molecule has 38 heavy (non-hydrogen) atoms. The number of hydrogen-bond acceptors (Lipinski definition) is 16. The molecule has 0 radical (unpaired) electrons. The second-order valence-corrected chi connectivity index (χ2v) is 7.81. The van der Waals surface area contributed by atoms with Crippen LogP contribution in [0.3, 0.4) is 0 Å². The first-order valence-corrected chi connectivity index (χ1v) is 10.5. The van der Waals surface area contributed by atoms with Crippen molar-refractivity contribution in [1.29, 1.82) is 0 Å². The molecule has 0 aromatic rings. The molecule has 0 amide bonds. The van der Waals surface area contributed by atoms with Crippen molar-refractivity contribution in [3.63, 3.8) is 0 Å². The molecule has 212 valence electrons. The summed E-state index contributed by atoms with van der Waals surface area (Å²) in [5.41, 5.74) is -9.93. The number of esters is 8. The van der Waals surface area contributed by atoms with E-state index in [2.05, 4.69) is 9.47 Å². The third kappa shape index (κ3) is 3.99. The molecule has 1 aliphatic rings. The van der Waals surface area contributed by atoms with Crippen LogP contribution in [0.1, 0.15) is 6.42 Å². The average molecular weight is 548 g/mol. The number of hydrogen-bond donors (Lipinski definition) is 0. The van der Waals surface area contributed by atoms with Crippen molar-refractivity contribution in [1.82, 2.24) is 0 Å². The zero-order chi connectivity index (χ0) is 29.6. The van der Waals surface area contributed by atoms with Crippen LogP contribution in [0.2, 0.25) is 0 Å². The van der Waals surface area contributed by atoms with Crippen molar-refractivity contribution in [3.05, 3.63) is 0 Å². The van der Waals surface area contributed by atoms with E-state index < -0.39 is 82.3 Å². The molecule has 0 heterocycles. The van der Waals surface area contributed by atoms with E-state index in [1.165, 1.54) is 0 Å². The van der Waals surface area contributed by atoms with Crippen LogP contribution in [0.4, 0.5) is 0 Å². The van der Waals surface area contributed by atoms with Gasteiger partial charge >= 0.3 is 47.8 Å². The smallest absolute Gasteiger partial charge is 0.325 e. The van der Waals surface area contributed by atoms with Crippen molar-refractivity contribution >= 4 is 47.8 Å². The molecule has 1 rings (SSSR count). The molecule has 1 saturated carbocycles. The highest BCUT2D eigenvalue weighted by molar-refractivity contribution is 6.20. The van der Waals surface area contributed by atoms with Crippen molar-refractivity contribution in [3.8, 4) is 0 Å². The van der Waals surface area contributed by atoms with Crippen molar-refractivity contribution in [2.24, 2.45) is 28.1 Å². The van der Waals surface area contributed by atoms with Crippen molar-refractivity contribution in [2.75, 3.05) is 56.9 Å². The molecule has 16 heteroatoms. The van der Waals surface area contributed by atoms with E-state index in [4.69, 9.17) is 28.4 Å². The summed E-state index contributed by atoms with van der Waals surface area (Å²) < 4.78 is 37.8. The highest BCUT2D eigenvalue weighted by atomic mass is 16.6. The van der Waals surface area contributed by atoms with E-state index in [9.17, 15) is 38.4 Å². The molecule has 1 unspecified atom stereocenters. The van der Waals surface area contributed by atoms with E-state index in [1.807, 2.05) is 0 Å². The Morgan fingerprint density at radius 1 is 0.500 bits per heavy atom. The van der Waals surface area contributed by atoms with Gasteiger partial charge in [0, 0.05) is 12.3 Å². The minimum absolute atomic E-state index is 0.713. The molecular weight excluding hydrogens is 520 g/mol. The maximum atomic E-state index is 13.7. The summed E-state index contributed by atoms with van der Waals surface area (Å²) in [4.78, 5) is 107. The Balaban J connectivity index is 4.84. The van der Waals surface area contributed by atoms with Gasteiger partial charge in [-0.15, -0.1) is 0 Å². The fourth-order valence-electron chi connectivity index (χ4n) is 5.21. The molecule has 0 aromatic carbocycles. The molecule has 16 nitrogen and oxygen atoms in total. The van der Waals surface area contributed by atoms with Gasteiger partial charge in [0.15, 0.2) is 22.2 Å². The van der Waals surface area contributed by atoms with Gasteiger partial charge in [-0.1, -0.05) is 0 Å². The maximum Gasteiger partial charge on any atom is 0.325 e. The summed E-state index contributed by atoms with van der Waals surface area (Å²) in [5.74, 6) is -18.6. The largest absolute Gasteiger partial charge is 0.468 e. The van der Waals surface area contributed by atoms with E-state index in [1.54, 1.807) is 0 Å². The second kappa shape index (κ2) is 11.9. The third-order valence-corrected chi connectivity index (χ3v) is 6.64. The van der Waals surface area contributed by atoms with Gasteiger partial charge in [0.25, 0.3) is 0 Å². The van der Waals surface area contributed by atoms with Crippen LogP contribution in [0.15, 0.2) is 0 Å². The zero-order valence-corrected chi connectivity index (χ0v) is 21.9. The Morgan fingerprint density at radius 2 is 0.816 bits per heavy atom. The van der Waals surface area contributed by atoms with E-state index in [0.29, 0.717) is 14.2 Å². The number of carbonyl (C=O) groups is 8. The normalized spacial score (nSPS) is 18.3. The molecule has 0 spiro atoms. The Hall–Kier alpha value is -4.24. The quantitative estimate of drug-likeness (QED) is 0.173. The molecular formula is C22H28O16. The lowest BCUT2D eigenvalue weighted by Gasteiger charge is -2.42. The number of carbonyl (C=O) groups excluding carboxylic acids is 8. The summed E-state index contributed by atoms with van der Waals surface area (Å²) in [7, 11) is 6.03. The molecule has 1 fully saturated rings. The van der Waals surface area contributed by atoms with E-state index in [-0.39, 0.29) is 0 Å². The van der Waals surface area contributed by atoms with Gasteiger partial charge in [-0.2, -0.15) is 0 Å². The molecule has 0 saturated heterocycles. The minimum atomic E-state index is -3.51. The summed E-state index contributed by atoms with van der Waals surface area (Å²) in [5, 5.41) is 0. The van der Waals surface area contributed by atoms with Crippen LogP contribution in [0, 0.1) is 28.1 Å². The van der Waals surface area contributed by atoms with Crippen molar-refractivity contribution < 1.29 is 76.3 Å². The molecule has 0 N–H and O–H groups in total. The zero-order valence-electron chi connectivity index (χ0n) is 21.9. The highest BCUT2D eigenvalue weighted by Gasteiger charge is 2.90. The Kier molecular flexibility index (Phi) is 9.93. The maximum absolute atomic E-state index is 13.7. The monoisotopic (exact) mass is 548 g/mol. The third-order valence-electron chi connectivity index (χ3n) is 6.64. The Labute approximate surface area is 216 Å². The predicted octanol–water partition coefficient (Wildman–Crippen LogP) is -2.03. The average Bonchev–Trinajstić information content (AvgIpc) is 3.24. The predicted molar refractivity (Wildman–Crippen MR) is 115 cm³/mol. The van der Waals surface area contributed by atoms with Crippen LogP contribution >= 0.6 is 0 Å². The van der Waals surface area contributed by atoms with Gasteiger partial charge in [-0.3, -0.25) is 38.4 Å². The van der Waals surface area contributed by atoms with Crippen LogP contribution in [0.5, 0.6) is 0 Å². The second-order valence-electron chi connectivity index (χ2n) is 7.81. The SMILES string of the molecule is COC(=O)C(C(=O)OC)C1C(C(=O)OC)(C(=O)OC)CC(C(=O)OC)(C(=O)OC)C1(C(=O)OC)C(=O)OC. The Morgan fingerprint density at radius 3 is 1.08 bits per heavy atom. The highest BCUT2D eigenvalue weighted by Crippen LogP contribution is 2.69. The lowest BCUT2D eigenvalue weighted by atomic mass is 9.57. The first-order chi connectivity index (χ1) is 17.8. The van der Waals surface area contributed by atoms with E-state index in [0.717, 1.165) is 42.7 Å². The first-order valence-electron chi connectivity index (χ1n) is 10.5. The fraction of sp³-hybridized carbons (Fsp3) is 0.636. The molecule has 1 aliphatic carbocycles. The van der Waals surface area contributed by atoms with Crippen LogP contribution in [-0.4, -0.2) is 105 Å². The summed E-state index contributed by atoms with van der Waals surface area (Å²) >= 11 is 0. The summed E-state index contributed by atoms with van der Waals surface area (Å²) in [6.45, 7) is 0. The molecule has 0 aromatic heterocycles. The fourth-order valence-corrected chi connectivity index (χ4v) is 5.21. The topological polar surface area (TPSA) is 210 Å². The van der Waals surface area contributed by atoms with Crippen molar-refractivity contribution in [2.45, 2.75) is 6.42 Å². The van der Waals surface area contributed by atoms with E-state index >= 15 is 0 Å².